The fourth-order valence-electron chi connectivity index (χ4n) is 3.53. The van der Waals surface area contributed by atoms with Crippen molar-refractivity contribution in [2.75, 3.05) is 21.3 Å². The molecule has 1 aliphatic rings. The van der Waals surface area contributed by atoms with Crippen molar-refractivity contribution in [3.63, 3.8) is 0 Å². The molecule has 0 aromatic heterocycles. The summed E-state index contributed by atoms with van der Waals surface area (Å²) in [6.07, 6.45) is 3.18. The largest absolute Gasteiger partial charge is 0.494 e. The van der Waals surface area contributed by atoms with Crippen LogP contribution < -0.4 is 24.3 Å². The Balaban J connectivity index is 1.54. The second kappa shape index (κ2) is 9.49. The molecule has 2 aromatic rings. The molecule has 0 atom stereocenters. The summed E-state index contributed by atoms with van der Waals surface area (Å²) in [7, 11) is 4.56. The van der Waals surface area contributed by atoms with E-state index in [2.05, 4.69) is 5.32 Å². The molecule has 1 saturated carbocycles. The first-order chi connectivity index (χ1) is 14.0. The Morgan fingerprint density at radius 2 is 1.62 bits per heavy atom. The molecule has 156 valence electrons. The van der Waals surface area contributed by atoms with E-state index in [-0.39, 0.29) is 29.4 Å². The number of hydrogen-bond donors (Lipinski definition) is 1. The predicted octanol–water partition coefficient (Wildman–Crippen LogP) is 3.97. The molecule has 0 spiro atoms. The minimum Gasteiger partial charge on any atom is -0.494 e. The minimum atomic E-state index is -0.551. The molecule has 0 heterocycles. The summed E-state index contributed by atoms with van der Waals surface area (Å²) in [5, 5.41) is 2.98. The van der Waals surface area contributed by atoms with Crippen LogP contribution in [0, 0.1) is 5.82 Å². The molecule has 0 aliphatic heterocycles. The van der Waals surface area contributed by atoms with E-state index >= 15 is 0 Å². The molecule has 1 amide bonds. The van der Waals surface area contributed by atoms with Gasteiger partial charge in [0.25, 0.3) is 5.91 Å². The number of halogens is 1. The number of carbonyl (C=O) groups is 1. The number of methoxy groups -OCH3 is 3. The minimum absolute atomic E-state index is 0.0275. The van der Waals surface area contributed by atoms with Crippen molar-refractivity contribution in [3.8, 4) is 23.0 Å². The molecule has 1 aliphatic carbocycles. The molecule has 3 rings (SSSR count). The smallest absolute Gasteiger partial charge is 0.251 e. The molecule has 0 unspecified atom stereocenters. The summed E-state index contributed by atoms with van der Waals surface area (Å²) in [4.78, 5) is 12.4. The van der Waals surface area contributed by atoms with Gasteiger partial charge in [-0.05, 0) is 56.0 Å². The van der Waals surface area contributed by atoms with Crippen LogP contribution in [0.15, 0.2) is 36.4 Å². The molecule has 1 fully saturated rings. The van der Waals surface area contributed by atoms with Gasteiger partial charge in [-0.1, -0.05) is 6.07 Å². The normalized spacial score (nSPS) is 18.6. The molecular weight excluding hydrogens is 377 g/mol. The van der Waals surface area contributed by atoms with Crippen LogP contribution in [-0.4, -0.2) is 39.4 Å². The topological polar surface area (TPSA) is 66.0 Å². The summed E-state index contributed by atoms with van der Waals surface area (Å²) in [5.74, 6) is 1.12. The molecular formula is C22H26FNO5. The molecule has 6 nitrogen and oxygen atoms in total. The predicted molar refractivity (Wildman–Crippen MR) is 107 cm³/mol. The quantitative estimate of drug-likeness (QED) is 0.758. The van der Waals surface area contributed by atoms with E-state index in [9.17, 15) is 9.18 Å². The second-order valence-electron chi connectivity index (χ2n) is 6.91. The Bertz CT molecular complexity index is 849. The summed E-state index contributed by atoms with van der Waals surface area (Å²) >= 11 is 0. The molecule has 0 radical (unpaired) electrons. The highest BCUT2D eigenvalue weighted by atomic mass is 19.1. The van der Waals surface area contributed by atoms with Gasteiger partial charge in [-0.15, -0.1) is 0 Å². The van der Waals surface area contributed by atoms with E-state index in [0.717, 1.165) is 25.7 Å². The molecule has 0 saturated heterocycles. The van der Waals surface area contributed by atoms with Crippen LogP contribution in [-0.2, 0) is 0 Å². The molecule has 7 heteroatoms. The number of rotatable bonds is 7. The third kappa shape index (κ3) is 4.91. The molecule has 29 heavy (non-hydrogen) atoms. The maximum atomic E-state index is 13.8. The van der Waals surface area contributed by atoms with Gasteiger partial charge in [-0.25, -0.2) is 4.39 Å². The van der Waals surface area contributed by atoms with Crippen molar-refractivity contribution in [1.82, 2.24) is 5.32 Å². The van der Waals surface area contributed by atoms with Gasteiger partial charge in [-0.3, -0.25) is 4.79 Å². The fraction of sp³-hybridized carbons (Fsp3) is 0.409. The Hall–Kier alpha value is -2.96. The number of carbonyl (C=O) groups excluding carboxylic acids is 1. The van der Waals surface area contributed by atoms with E-state index in [1.165, 1.54) is 19.2 Å². The van der Waals surface area contributed by atoms with Crippen LogP contribution in [0.4, 0.5) is 4.39 Å². The van der Waals surface area contributed by atoms with Crippen LogP contribution in [0.5, 0.6) is 23.0 Å². The average Bonchev–Trinajstić information content (AvgIpc) is 2.74. The summed E-state index contributed by atoms with van der Waals surface area (Å²) in [6.45, 7) is 0. The lowest BCUT2D eigenvalue weighted by molar-refractivity contribution is 0.0890. The van der Waals surface area contributed by atoms with Crippen LogP contribution >= 0.6 is 0 Å². The van der Waals surface area contributed by atoms with Gasteiger partial charge in [0, 0.05) is 11.6 Å². The Morgan fingerprint density at radius 1 is 0.931 bits per heavy atom. The van der Waals surface area contributed by atoms with Gasteiger partial charge in [0.1, 0.15) is 0 Å². The van der Waals surface area contributed by atoms with Crippen molar-refractivity contribution in [2.24, 2.45) is 0 Å². The van der Waals surface area contributed by atoms with Crippen molar-refractivity contribution in [2.45, 2.75) is 37.8 Å². The zero-order valence-corrected chi connectivity index (χ0v) is 16.9. The van der Waals surface area contributed by atoms with Gasteiger partial charge in [0.05, 0.1) is 27.4 Å². The number of benzene rings is 2. The highest BCUT2D eigenvalue weighted by molar-refractivity contribution is 5.94. The number of para-hydroxylation sites is 1. The average molecular weight is 403 g/mol. The Morgan fingerprint density at radius 3 is 2.24 bits per heavy atom. The number of nitrogens with one attached hydrogen (secondary N) is 1. The van der Waals surface area contributed by atoms with Crippen molar-refractivity contribution in [1.29, 1.82) is 0 Å². The van der Waals surface area contributed by atoms with Crippen LogP contribution in [0.2, 0.25) is 0 Å². The molecule has 1 N–H and O–H groups in total. The third-order valence-electron chi connectivity index (χ3n) is 5.08. The maximum absolute atomic E-state index is 13.8. The Kier molecular flexibility index (Phi) is 6.80. The number of hydrogen-bond acceptors (Lipinski definition) is 5. The molecule has 0 bridgehead atoms. The van der Waals surface area contributed by atoms with Crippen LogP contribution in [0.1, 0.15) is 36.0 Å². The van der Waals surface area contributed by atoms with E-state index in [0.29, 0.717) is 17.2 Å². The monoisotopic (exact) mass is 403 g/mol. The van der Waals surface area contributed by atoms with Gasteiger partial charge in [0.2, 0.25) is 5.75 Å². The Labute approximate surface area is 169 Å². The highest BCUT2D eigenvalue weighted by Crippen LogP contribution is 2.38. The lowest BCUT2D eigenvalue weighted by atomic mass is 9.92. The van der Waals surface area contributed by atoms with Gasteiger partial charge < -0.3 is 24.3 Å². The SMILES string of the molecule is COc1ccc(C(=O)NC2CCC(Oc3cccc(OC)c3OC)CC2)cc1F. The lowest BCUT2D eigenvalue weighted by Crippen LogP contribution is -2.39. The third-order valence-corrected chi connectivity index (χ3v) is 5.08. The van der Waals surface area contributed by atoms with E-state index in [4.69, 9.17) is 18.9 Å². The van der Waals surface area contributed by atoms with Crippen LogP contribution in [0.25, 0.3) is 0 Å². The maximum Gasteiger partial charge on any atom is 0.251 e. The first-order valence-corrected chi connectivity index (χ1v) is 9.57. The van der Waals surface area contributed by atoms with E-state index in [1.54, 1.807) is 20.3 Å². The number of ether oxygens (including phenoxy) is 4. The first kappa shape index (κ1) is 20.8. The van der Waals surface area contributed by atoms with Crippen molar-refractivity contribution >= 4 is 5.91 Å². The highest BCUT2D eigenvalue weighted by Gasteiger charge is 2.25. The summed E-state index contributed by atoms with van der Waals surface area (Å²) in [6, 6.07) is 9.76. The second-order valence-corrected chi connectivity index (χ2v) is 6.91. The zero-order chi connectivity index (χ0) is 20.8. The van der Waals surface area contributed by atoms with Crippen molar-refractivity contribution in [3.05, 3.63) is 47.8 Å². The van der Waals surface area contributed by atoms with E-state index in [1.807, 2.05) is 18.2 Å². The first-order valence-electron chi connectivity index (χ1n) is 9.57. The van der Waals surface area contributed by atoms with Gasteiger partial charge in [0.15, 0.2) is 23.1 Å². The van der Waals surface area contributed by atoms with Crippen molar-refractivity contribution < 1.29 is 28.1 Å². The standard InChI is InChI=1S/C22H26FNO5/c1-26-18-12-7-14(13-17(18)23)22(25)24-15-8-10-16(11-9-15)29-20-6-4-5-19(27-2)21(20)28-3/h4-7,12-13,15-16H,8-11H2,1-3H3,(H,24,25). The van der Waals surface area contributed by atoms with Gasteiger partial charge in [-0.2, -0.15) is 0 Å². The van der Waals surface area contributed by atoms with E-state index < -0.39 is 5.82 Å². The lowest BCUT2D eigenvalue weighted by Gasteiger charge is -2.30. The zero-order valence-electron chi connectivity index (χ0n) is 16.9. The molecule has 2 aromatic carbocycles. The summed E-state index contributed by atoms with van der Waals surface area (Å²) < 4.78 is 35.5. The number of amides is 1. The van der Waals surface area contributed by atoms with Gasteiger partial charge >= 0.3 is 0 Å². The van der Waals surface area contributed by atoms with Crippen LogP contribution in [0.3, 0.4) is 0 Å². The summed E-state index contributed by atoms with van der Waals surface area (Å²) in [5.41, 5.74) is 0.280. The fourth-order valence-corrected chi connectivity index (χ4v) is 3.53.